The molecule has 2 amide bonds. The molecule has 0 aliphatic carbocycles. The van der Waals surface area contributed by atoms with Crippen molar-refractivity contribution < 1.29 is 19.5 Å². The van der Waals surface area contributed by atoms with Crippen molar-refractivity contribution in [2.24, 2.45) is 5.92 Å². The zero-order chi connectivity index (χ0) is 15.9. The summed E-state index contributed by atoms with van der Waals surface area (Å²) in [5.41, 5.74) is 2.85. The topological polar surface area (TPSA) is 86.7 Å². The lowest BCUT2D eigenvalue weighted by molar-refractivity contribution is -0.141. The normalized spacial score (nSPS) is 22.2. The molecule has 22 heavy (non-hydrogen) atoms. The van der Waals surface area contributed by atoms with Crippen molar-refractivity contribution in [1.29, 1.82) is 0 Å². The average molecular weight is 302 g/mol. The van der Waals surface area contributed by atoms with Crippen LogP contribution >= 0.6 is 0 Å². The van der Waals surface area contributed by atoms with Crippen LogP contribution in [0.2, 0.25) is 0 Å². The molecular formula is C16H18N2O4. The smallest absolute Gasteiger partial charge is 0.308 e. The molecule has 0 saturated carbocycles. The third-order valence-corrected chi connectivity index (χ3v) is 4.48. The van der Waals surface area contributed by atoms with Crippen LogP contribution in [0, 0.1) is 5.92 Å². The first kappa shape index (κ1) is 14.6. The van der Waals surface area contributed by atoms with Gasteiger partial charge in [0, 0.05) is 25.1 Å². The SMILES string of the molecule is C[C@H](c1ccc2c(c1)CCC(=O)N2)N1C[C@H](C(=O)O)CC1=O. The highest BCUT2D eigenvalue weighted by atomic mass is 16.4. The predicted octanol–water partition coefficient (Wildman–Crippen LogP) is 1.57. The predicted molar refractivity (Wildman–Crippen MR) is 79.3 cm³/mol. The maximum absolute atomic E-state index is 12.0. The van der Waals surface area contributed by atoms with Gasteiger partial charge >= 0.3 is 5.97 Å². The fourth-order valence-corrected chi connectivity index (χ4v) is 3.11. The van der Waals surface area contributed by atoms with Crippen molar-refractivity contribution in [1.82, 2.24) is 4.90 Å². The Balaban J connectivity index is 1.81. The first-order chi connectivity index (χ1) is 10.5. The molecule has 2 heterocycles. The van der Waals surface area contributed by atoms with Crippen molar-refractivity contribution in [3.63, 3.8) is 0 Å². The van der Waals surface area contributed by atoms with Crippen LogP contribution in [0.3, 0.4) is 0 Å². The van der Waals surface area contributed by atoms with E-state index in [-0.39, 0.29) is 30.8 Å². The maximum atomic E-state index is 12.0. The molecule has 1 aromatic rings. The van der Waals surface area contributed by atoms with E-state index in [9.17, 15) is 14.4 Å². The lowest BCUT2D eigenvalue weighted by Crippen LogP contribution is -2.29. The molecule has 1 fully saturated rings. The Morgan fingerprint density at radius 3 is 2.82 bits per heavy atom. The molecule has 0 unspecified atom stereocenters. The zero-order valence-electron chi connectivity index (χ0n) is 12.3. The van der Waals surface area contributed by atoms with E-state index >= 15 is 0 Å². The number of hydrogen-bond donors (Lipinski definition) is 2. The number of likely N-dealkylation sites (tertiary alicyclic amines) is 1. The summed E-state index contributed by atoms with van der Waals surface area (Å²) in [6, 6.07) is 5.57. The summed E-state index contributed by atoms with van der Waals surface area (Å²) in [6.45, 7) is 2.16. The highest BCUT2D eigenvalue weighted by Crippen LogP contribution is 2.32. The summed E-state index contributed by atoms with van der Waals surface area (Å²) in [7, 11) is 0. The molecule has 6 heteroatoms. The molecule has 2 N–H and O–H groups in total. The number of carbonyl (C=O) groups excluding carboxylic acids is 2. The number of carboxylic acid groups (broad SMARTS) is 1. The van der Waals surface area contributed by atoms with Gasteiger partial charge in [0.25, 0.3) is 0 Å². The molecule has 0 radical (unpaired) electrons. The average Bonchev–Trinajstić information content (AvgIpc) is 2.88. The van der Waals surface area contributed by atoms with Crippen molar-refractivity contribution in [3.05, 3.63) is 29.3 Å². The van der Waals surface area contributed by atoms with Gasteiger partial charge in [-0.1, -0.05) is 12.1 Å². The summed E-state index contributed by atoms with van der Waals surface area (Å²) < 4.78 is 0. The van der Waals surface area contributed by atoms with Crippen molar-refractivity contribution in [2.75, 3.05) is 11.9 Å². The monoisotopic (exact) mass is 302 g/mol. The summed E-state index contributed by atoms with van der Waals surface area (Å²) in [5, 5.41) is 11.9. The highest BCUT2D eigenvalue weighted by molar-refractivity contribution is 5.94. The second kappa shape index (κ2) is 5.44. The van der Waals surface area contributed by atoms with Crippen molar-refractivity contribution in [2.45, 2.75) is 32.2 Å². The van der Waals surface area contributed by atoms with Gasteiger partial charge < -0.3 is 15.3 Å². The Labute approximate surface area is 128 Å². The van der Waals surface area contributed by atoms with Crippen LogP contribution in [0.25, 0.3) is 0 Å². The van der Waals surface area contributed by atoms with E-state index in [1.54, 1.807) is 4.90 Å². The van der Waals surface area contributed by atoms with E-state index in [1.807, 2.05) is 25.1 Å². The van der Waals surface area contributed by atoms with Crippen molar-refractivity contribution in [3.8, 4) is 0 Å². The highest BCUT2D eigenvalue weighted by Gasteiger charge is 2.37. The Hall–Kier alpha value is -2.37. The van der Waals surface area contributed by atoms with Gasteiger partial charge in [-0.3, -0.25) is 14.4 Å². The van der Waals surface area contributed by atoms with Gasteiger partial charge in [-0.05, 0) is 30.5 Å². The summed E-state index contributed by atoms with van der Waals surface area (Å²) in [5.74, 6) is -1.64. The first-order valence-corrected chi connectivity index (χ1v) is 7.40. The van der Waals surface area contributed by atoms with Gasteiger partial charge in [0.2, 0.25) is 11.8 Å². The summed E-state index contributed by atoms with van der Waals surface area (Å²) in [6.07, 6.45) is 1.22. The van der Waals surface area contributed by atoms with E-state index in [4.69, 9.17) is 5.11 Å². The van der Waals surface area contributed by atoms with Crippen LogP contribution in [0.1, 0.15) is 36.9 Å². The summed E-state index contributed by atoms with van der Waals surface area (Å²) in [4.78, 5) is 36.1. The minimum atomic E-state index is -0.920. The van der Waals surface area contributed by atoms with Crippen LogP contribution in [0.5, 0.6) is 0 Å². The molecule has 0 aromatic heterocycles. The number of nitrogens with one attached hydrogen (secondary N) is 1. The molecule has 2 aliphatic rings. The molecule has 116 valence electrons. The largest absolute Gasteiger partial charge is 0.481 e. The fraction of sp³-hybridized carbons (Fsp3) is 0.438. The number of aryl methyl sites for hydroxylation is 1. The number of anilines is 1. The molecule has 6 nitrogen and oxygen atoms in total. The fourth-order valence-electron chi connectivity index (χ4n) is 3.11. The Morgan fingerprint density at radius 2 is 2.14 bits per heavy atom. The van der Waals surface area contributed by atoms with Gasteiger partial charge in [0.05, 0.1) is 12.0 Å². The van der Waals surface area contributed by atoms with Crippen LogP contribution in [0.15, 0.2) is 18.2 Å². The van der Waals surface area contributed by atoms with E-state index in [1.165, 1.54) is 0 Å². The van der Waals surface area contributed by atoms with Gasteiger partial charge in [0.1, 0.15) is 0 Å². The molecule has 1 aromatic carbocycles. The van der Waals surface area contributed by atoms with E-state index in [0.29, 0.717) is 12.8 Å². The Morgan fingerprint density at radius 1 is 1.36 bits per heavy atom. The molecule has 1 saturated heterocycles. The number of nitrogens with zero attached hydrogens (tertiary/aromatic N) is 1. The Kier molecular flexibility index (Phi) is 3.60. The Bertz CT molecular complexity index is 656. The quantitative estimate of drug-likeness (QED) is 0.887. The number of amides is 2. The number of aliphatic carboxylic acids is 1. The van der Waals surface area contributed by atoms with Gasteiger partial charge in [-0.15, -0.1) is 0 Å². The van der Waals surface area contributed by atoms with E-state index in [2.05, 4.69) is 5.32 Å². The standard InChI is InChI=1S/C16H18N2O4/c1-9(18-8-12(16(21)22)7-15(18)20)10-2-4-13-11(6-10)3-5-14(19)17-13/h2,4,6,9,12H,3,5,7-8H2,1H3,(H,17,19)(H,21,22)/t9-,12-/m1/s1. The lowest BCUT2D eigenvalue weighted by atomic mass is 9.97. The van der Waals surface area contributed by atoms with Gasteiger partial charge in [0.15, 0.2) is 0 Å². The van der Waals surface area contributed by atoms with Crippen LogP contribution in [0.4, 0.5) is 5.69 Å². The number of fused-ring (bicyclic) bond motifs is 1. The summed E-state index contributed by atoms with van der Waals surface area (Å²) >= 11 is 0. The number of carbonyl (C=O) groups is 3. The number of hydrogen-bond acceptors (Lipinski definition) is 3. The van der Waals surface area contributed by atoms with Gasteiger partial charge in [-0.2, -0.15) is 0 Å². The number of carboxylic acids is 1. The molecule has 0 spiro atoms. The molecule has 2 aliphatic heterocycles. The molecule has 0 bridgehead atoms. The van der Waals surface area contributed by atoms with Crippen LogP contribution in [-0.2, 0) is 20.8 Å². The minimum absolute atomic E-state index is 0.0207. The van der Waals surface area contributed by atoms with Crippen molar-refractivity contribution >= 4 is 23.5 Å². The molecule has 2 atom stereocenters. The second-order valence-corrected chi connectivity index (χ2v) is 5.93. The van der Waals surface area contributed by atoms with E-state index in [0.717, 1.165) is 16.8 Å². The van der Waals surface area contributed by atoms with E-state index < -0.39 is 11.9 Å². The third-order valence-electron chi connectivity index (χ3n) is 4.48. The number of benzene rings is 1. The minimum Gasteiger partial charge on any atom is -0.481 e. The van der Waals surface area contributed by atoms with Gasteiger partial charge in [-0.25, -0.2) is 0 Å². The zero-order valence-corrected chi connectivity index (χ0v) is 12.3. The molecular weight excluding hydrogens is 284 g/mol. The molecule has 3 rings (SSSR count). The third kappa shape index (κ3) is 2.56. The lowest BCUT2D eigenvalue weighted by Gasteiger charge is -2.26. The van der Waals surface area contributed by atoms with Crippen LogP contribution in [-0.4, -0.2) is 34.3 Å². The van der Waals surface area contributed by atoms with Crippen LogP contribution < -0.4 is 5.32 Å². The first-order valence-electron chi connectivity index (χ1n) is 7.40. The second-order valence-electron chi connectivity index (χ2n) is 5.93. The maximum Gasteiger partial charge on any atom is 0.308 e. The number of rotatable bonds is 3.